The maximum atomic E-state index is 12.7. The molecule has 1 fully saturated rings. The molecular weight excluding hydrogens is 365 g/mol. The SMILES string of the molecule is CCC(O)c1ccc(C(=O)Nc2cccc(B3OC(C)(C)C(C)(C)O3)c2C)cc1. The highest BCUT2D eigenvalue weighted by molar-refractivity contribution is 6.62. The van der Waals surface area contributed by atoms with E-state index in [9.17, 15) is 9.90 Å². The number of carbonyl (C=O) groups excluding carboxylic acids is 1. The minimum atomic E-state index is -0.508. The van der Waals surface area contributed by atoms with E-state index in [0.717, 1.165) is 22.3 Å². The zero-order valence-corrected chi connectivity index (χ0v) is 18.1. The highest BCUT2D eigenvalue weighted by atomic mass is 16.7. The second kappa shape index (κ2) is 7.94. The van der Waals surface area contributed by atoms with Crippen molar-refractivity contribution in [2.75, 3.05) is 5.32 Å². The van der Waals surface area contributed by atoms with Crippen LogP contribution in [0.4, 0.5) is 5.69 Å². The Labute approximate surface area is 173 Å². The van der Waals surface area contributed by atoms with Gasteiger partial charge >= 0.3 is 7.12 Å². The highest BCUT2D eigenvalue weighted by Crippen LogP contribution is 2.37. The molecule has 0 saturated carbocycles. The Kier molecular flexibility index (Phi) is 5.90. The summed E-state index contributed by atoms with van der Waals surface area (Å²) in [4.78, 5) is 12.7. The predicted octanol–water partition coefficient (Wildman–Crippen LogP) is 3.99. The van der Waals surface area contributed by atoms with Crippen molar-refractivity contribution in [3.8, 4) is 0 Å². The summed E-state index contributed by atoms with van der Waals surface area (Å²) >= 11 is 0. The fourth-order valence-corrected chi connectivity index (χ4v) is 3.30. The molecule has 3 rings (SSSR count). The van der Waals surface area contributed by atoms with E-state index in [-0.39, 0.29) is 5.91 Å². The first-order valence-corrected chi connectivity index (χ1v) is 10.1. The zero-order chi connectivity index (χ0) is 21.4. The van der Waals surface area contributed by atoms with E-state index in [1.54, 1.807) is 24.3 Å². The third-order valence-corrected chi connectivity index (χ3v) is 6.08. The number of carbonyl (C=O) groups is 1. The van der Waals surface area contributed by atoms with Crippen LogP contribution in [0.2, 0.25) is 0 Å². The van der Waals surface area contributed by atoms with Crippen molar-refractivity contribution in [1.82, 2.24) is 0 Å². The number of benzene rings is 2. The van der Waals surface area contributed by atoms with Crippen molar-refractivity contribution in [3.05, 3.63) is 59.2 Å². The quantitative estimate of drug-likeness (QED) is 0.752. The molecule has 0 radical (unpaired) electrons. The minimum Gasteiger partial charge on any atom is -0.399 e. The van der Waals surface area contributed by atoms with Gasteiger partial charge in [0, 0.05) is 11.3 Å². The number of hydrogen-bond acceptors (Lipinski definition) is 4. The van der Waals surface area contributed by atoms with E-state index in [2.05, 4.69) is 5.32 Å². The van der Waals surface area contributed by atoms with Crippen LogP contribution in [0.25, 0.3) is 0 Å². The fraction of sp³-hybridized carbons (Fsp3) is 0.435. The van der Waals surface area contributed by atoms with Gasteiger partial charge in [0.15, 0.2) is 0 Å². The van der Waals surface area contributed by atoms with Crippen LogP contribution < -0.4 is 10.8 Å². The summed E-state index contributed by atoms with van der Waals surface area (Å²) in [7, 11) is -0.480. The van der Waals surface area contributed by atoms with Crippen LogP contribution in [0.5, 0.6) is 0 Å². The zero-order valence-electron chi connectivity index (χ0n) is 18.1. The molecule has 5 nitrogen and oxygen atoms in total. The van der Waals surface area contributed by atoms with E-state index >= 15 is 0 Å². The molecule has 0 aromatic heterocycles. The summed E-state index contributed by atoms with van der Waals surface area (Å²) < 4.78 is 12.3. The van der Waals surface area contributed by atoms with Gasteiger partial charge in [-0.1, -0.05) is 31.2 Å². The van der Waals surface area contributed by atoms with Gasteiger partial charge in [0.25, 0.3) is 5.91 Å². The topological polar surface area (TPSA) is 67.8 Å². The molecule has 1 saturated heterocycles. The Bertz CT molecular complexity index is 876. The lowest BCUT2D eigenvalue weighted by Crippen LogP contribution is -2.41. The Morgan fingerprint density at radius 3 is 2.21 bits per heavy atom. The van der Waals surface area contributed by atoms with E-state index in [1.807, 2.05) is 59.7 Å². The summed E-state index contributed by atoms with van der Waals surface area (Å²) in [5.74, 6) is -0.197. The van der Waals surface area contributed by atoms with Crippen LogP contribution >= 0.6 is 0 Å². The normalized spacial score (nSPS) is 18.5. The molecule has 1 aliphatic rings. The highest BCUT2D eigenvalue weighted by Gasteiger charge is 2.52. The monoisotopic (exact) mass is 395 g/mol. The van der Waals surface area contributed by atoms with Gasteiger partial charge in [-0.2, -0.15) is 0 Å². The average molecular weight is 395 g/mol. The Hall–Kier alpha value is -2.15. The molecule has 0 bridgehead atoms. The lowest BCUT2D eigenvalue weighted by atomic mass is 9.76. The van der Waals surface area contributed by atoms with E-state index in [0.29, 0.717) is 12.0 Å². The molecule has 2 aromatic rings. The van der Waals surface area contributed by atoms with Gasteiger partial charge in [-0.25, -0.2) is 0 Å². The summed E-state index contributed by atoms with van der Waals surface area (Å²) in [6.07, 6.45) is 0.127. The minimum absolute atomic E-state index is 0.197. The molecule has 0 aliphatic carbocycles. The van der Waals surface area contributed by atoms with Crippen LogP contribution in [0.1, 0.15) is 68.6 Å². The van der Waals surface area contributed by atoms with E-state index in [4.69, 9.17) is 9.31 Å². The van der Waals surface area contributed by atoms with Crippen LogP contribution in [0.3, 0.4) is 0 Å². The van der Waals surface area contributed by atoms with Crippen LogP contribution in [0, 0.1) is 6.92 Å². The molecule has 1 atom stereocenters. The third kappa shape index (κ3) is 4.25. The van der Waals surface area contributed by atoms with E-state index < -0.39 is 24.4 Å². The van der Waals surface area contributed by atoms with Crippen molar-refractivity contribution in [2.45, 2.75) is 65.3 Å². The molecule has 2 N–H and O–H groups in total. The average Bonchev–Trinajstić information content (AvgIpc) is 2.90. The first-order valence-electron chi connectivity index (χ1n) is 10.1. The summed E-state index contributed by atoms with van der Waals surface area (Å²) in [5.41, 5.74) is 3.04. The van der Waals surface area contributed by atoms with Gasteiger partial charge in [-0.15, -0.1) is 0 Å². The summed E-state index contributed by atoms with van der Waals surface area (Å²) in [6.45, 7) is 12.0. The standard InChI is InChI=1S/C23H30BNO4/c1-7-20(26)16-11-13-17(14-12-16)21(27)25-19-10-8-9-18(15(19)2)24-28-22(3,4)23(5,6)29-24/h8-14,20,26H,7H2,1-6H3,(H,25,27). The number of hydrogen-bond donors (Lipinski definition) is 2. The van der Waals surface area contributed by atoms with Crippen molar-refractivity contribution in [2.24, 2.45) is 0 Å². The molecule has 1 heterocycles. The molecule has 0 spiro atoms. The van der Waals surface area contributed by atoms with E-state index in [1.165, 1.54) is 0 Å². The number of aliphatic hydroxyl groups is 1. The van der Waals surface area contributed by atoms with Gasteiger partial charge in [-0.3, -0.25) is 4.79 Å². The summed E-state index contributed by atoms with van der Waals surface area (Å²) in [6, 6.07) is 12.8. The lowest BCUT2D eigenvalue weighted by molar-refractivity contribution is 0.00578. The molecule has 1 aliphatic heterocycles. The van der Waals surface area contributed by atoms with Crippen molar-refractivity contribution >= 4 is 24.2 Å². The van der Waals surface area contributed by atoms with Gasteiger partial charge in [0.1, 0.15) is 0 Å². The maximum absolute atomic E-state index is 12.7. The second-order valence-corrected chi connectivity index (χ2v) is 8.61. The van der Waals surface area contributed by atoms with Crippen LogP contribution in [0.15, 0.2) is 42.5 Å². The van der Waals surface area contributed by atoms with Crippen LogP contribution in [-0.2, 0) is 9.31 Å². The molecule has 154 valence electrons. The Morgan fingerprint density at radius 1 is 1.07 bits per heavy atom. The number of aliphatic hydroxyl groups excluding tert-OH is 1. The molecular formula is C23H30BNO4. The second-order valence-electron chi connectivity index (χ2n) is 8.61. The lowest BCUT2D eigenvalue weighted by Gasteiger charge is -2.32. The van der Waals surface area contributed by atoms with Gasteiger partial charge in [0.05, 0.1) is 17.3 Å². The van der Waals surface area contributed by atoms with Gasteiger partial charge < -0.3 is 19.7 Å². The van der Waals surface area contributed by atoms with Crippen LogP contribution in [-0.4, -0.2) is 29.3 Å². The van der Waals surface area contributed by atoms with Gasteiger partial charge in [0.2, 0.25) is 0 Å². The molecule has 1 amide bonds. The Balaban J connectivity index is 1.79. The summed E-state index contributed by atoms with van der Waals surface area (Å²) in [5, 5.41) is 12.9. The largest absolute Gasteiger partial charge is 0.495 e. The van der Waals surface area contributed by atoms with Crippen molar-refractivity contribution in [3.63, 3.8) is 0 Å². The van der Waals surface area contributed by atoms with Crippen molar-refractivity contribution in [1.29, 1.82) is 0 Å². The first-order chi connectivity index (χ1) is 13.6. The number of rotatable bonds is 5. The van der Waals surface area contributed by atoms with Crippen molar-refractivity contribution < 1.29 is 19.2 Å². The fourth-order valence-electron chi connectivity index (χ4n) is 3.30. The Morgan fingerprint density at radius 2 is 1.66 bits per heavy atom. The van der Waals surface area contributed by atoms with Gasteiger partial charge in [-0.05, 0) is 75.8 Å². The first kappa shape index (κ1) is 21.6. The number of nitrogens with one attached hydrogen (secondary N) is 1. The smallest absolute Gasteiger partial charge is 0.399 e. The molecule has 1 unspecified atom stereocenters. The number of amides is 1. The molecule has 29 heavy (non-hydrogen) atoms. The number of anilines is 1. The third-order valence-electron chi connectivity index (χ3n) is 6.08. The maximum Gasteiger partial charge on any atom is 0.495 e. The molecule has 2 aromatic carbocycles. The predicted molar refractivity (Wildman–Crippen MR) is 117 cm³/mol. The molecule has 6 heteroatoms.